The lowest BCUT2D eigenvalue weighted by molar-refractivity contribution is -0.163. The van der Waals surface area contributed by atoms with Crippen molar-refractivity contribution in [3.8, 4) is 0 Å². The number of unbranched alkanes of at least 4 members (excludes halogenated alkanes) is 28. The average Bonchev–Trinajstić information content (AvgIpc) is 3.40. The Morgan fingerprint density at radius 3 is 0.973 bits per heavy atom. The number of carbonyl (C=O) groups is 2. The van der Waals surface area contributed by atoms with Crippen LogP contribution in [0.5, 0.6) is 0 Å². The van der Waals surface area contributed by atoms with Crippen LogP contribution in [0.2, 0.25) is 0 Å². The van der Waals surface area contributed by atoms with E-state index in [9.17, 15) is 9.59 Å². The summed E-state index contributed by atoms with van der Waals surface area (Å²) in [5.41, 5.74) is 0. The molecule has 0 aromatic heterocycles. The third-order valence-electron chi connectivity index (χ3n) is 13.3. The van der Waals surface area contributed by atoms with Gasteiger partial charge in [-0.2, -0.15) is 0 Å². The summed E-state index contributed by atoms with van der Waals surface area (Å²) in [6.07, 6.45) is 88.4. The maximum atomic E-state index is 12.9. The van der Waals surface area contributed by atoms with Crippen molar-refractivity contribution >= 4 is 11.9 Å². The number of allylic oxidation sites excluding steroid dienone is 18. The van der Waals surface area contributed by atoms with Gasteiger partial charge >= 0.3 is 11.9 Å². The lowest BCUT2D eigenvalue weighted by Crippen LogP contribution is -2.30. The van der Waals surface area contributed by atoms with E-state index in [0.717, 1.165) is 116 Å². The zero-order valence-electron chi connectivity index (χ0n) is 48.8. The predicted molar refractivity (Wildman–Crippen MR) is 325 cm³/mol. The van der Waals surface area contributed by atoms with E-state index in [1.54, 1.807) is 0 Å². The molecule has 424 valence electrons. The van der Waals surface area contributed by atoms with Gasteiger partial charge in [-0.1, -0.05) is 284 Å². The van der Waals surface area contributed by atoms with Crippen molar-refractivity contribution in [2.75, 3.05) is 19.8 Å². The quantitative estimate of drug-likeness (QED) is 0.0345. The molecule has 0 aliphatic carbocycles. The molecule has 0 aromatic rings. The summed E-state index contributed by atoms with van der Waals surface area (Å²) in [4.78, 5) is 25.6. The number of rotatable bonds is 57. The smallest absolute Gasteiger partial charge is 0.306 e. The van der Waals surface area contributed by atoms with Gasteiger partial charge in [-0.05, 0) is 103 Å². The molecule has 1 atom stereocenters. The van der Waals surface area contributed by atoms with Gasteiger partial charge in [-0.25, -0.2) is 0 Å². The Bertz CT molecular complexity index is 1440. The molecule has 0 amide bonds. The number of ether oxygens (including phenoxy) is 3. The Morgan fingerprint density at radius 1 is 0.311 bits per heavy atom. The number of hydrogen-bond acceptors (Lipinski definition) is 5. The maximum absolute atomic E-state index is 12.9. The van der Waals surface area contributed by atoms with Crippen LogP contribution in [0.1, 0.15) is 290 Å². The molecule has 0 rings (SSSR count). The van der Waals surface area contributed by atoms with E-state index in [0.29, 0.717) is 19.4 Å². The van der Waals surface area contributed by atoms with Gasteiger partial charge in [-0.15, -0.1) is 0 Å². The first kappa shape index (κ1) is 70.6. The third kappa shape index (κ3) is 61.1. The minimum Gasteiger partial charge on any atom is -0.462 e. The van der Waals surface area contributed by atoms with Crippen molar-refractivity contribution in [3.05, 3.63) is 109 Å². The van der Waals surface area contributed by atoms with Gasteiger partial charge in [0.2, 0.25) is 0 Å². The molecule has 0 aromatic carbocycles. The van der Waals surface area contributed by atoms with E-state index in [1.807, 2.05) is 0 Å². The van der Waals surface area contributed by atoms with Gasteiger partial charge in [0.15, 0.2) is 6.10 Å². The van der Waals surface area contributed by atoms with Crippen LogP contribution in [0.4, 0.5) is 0 Å². The maximum Gasteiger partial charge on any atom is 0.306 e. The van der Waals surface area contributed by atoms with E-state index in [4.69, 9.17) is 14.2 Å². The minimum absolute atomic E-state index is 0.0638. The number of esters is 2. The summed E-state index contributed by atoms with van der Waals surface area (Å²) in [5.74, 6) is -0.421. The minimum atomic E-state index is -0.563. The molecular weight excluding hydrogens is 909 g/mol. The van der Waals surface area contributed by atoms with Crippen LogP contribution in [-0.4, -0.2) is 37.9 Å². The molecule has 0 bridgehead atoms. The fraction of sp³-hybridized carbons (Fsp3) is 0.710. The molecule has 0 aliphatic heterocycles. The topological polar surface area (TPSA) is 61.8 Å². The van der Waals surface area contributed by atoms with Crippen LogP contribution >= 0.6 is 0 Å². The van der Waals surface area contributed by atoms with Gasteiger partial charge < -0.3 is 14.2 Å². The highest BCUT2D eigenvalue weighted by Crippen LogP contribution is 2.16. The fourth-order valence-electron chi connectivity index (χ4n) is 8.71. The highest BCUT2D eigenvalue weighted by Gasteiger charge is 2.17. The van der Waals surface area contributed by atoms with Crippen LogP contribution in [0.15, 0.2) is 109 Å². The van der Waals surface area contributed by atoms with E-state index in [1.165, 1.54) is 141 Å². The molecule has 1 unspecified atom stereocenters. The average molecular weight is 1030 g/mol. The lowest BCUT2D eigenvalue weighted by atomic mass is 10.0. The van der Waals surface area contributed by atoms with Gasteiger partial charge in [-0.3, -0.25) is 9.59 Å². The normalized spacial score (nSPS) is 13.0. The molecule has 0 fully saturated rings. The summed E-state index contributed by atoms with van der Waals surface area (Å²) in [7, 11) is 0. The highest BCUT2D eigenvalue weighted by molar-refractivity contribution is 5.70. The molecule has 0 spiro atoms. The first-order chi connectivity index (χ1) is 36.6. The predicted octanol–water partition coefficient (Wildman–Crippen LogP) is 21.9. The van der Waals surface area contributed by atoms with Gasteiger partial charge in [0.05, 0.1) is 6.61 Å². The zero-order chi connectivity index (χ0) is 53.4. The summed E-state index contributed by atoms with van der Waals surface area (Å²) in [6, 6.07) is 0. The second-order valence-corrected chi connectivity index (χ2v) is 20.6. The molecule has 0 radical (unpaired) electrons. The number of carbonyl (C=O) groups excluding carboxylic acids is 2. The van der Waals surface area contributed by atoms with Crippen molar-refractivity contribution in [2.24, 2.45) is 0 Å². The third-order valence-corrected chi connectivity index (χ3v) is 13.3. The van der Waals surface area contributed by atoms with Gasteiger partial charge in [0.1, 0.15) is 6.61 Å². The van der Waals surface area contributed by atoms with Crippen molar-refractivity contribution in [1.29, 1.82) is 0 Å². The molecule has 0 saturated heterocycles. The van der Waals surface area contributed by atoms with Crippen molar-refractivity contribution in [1.82, 2.24) is 0 Å². The summed E-state index contributed by atoms with van der Waals surface area (Å²) in [6.45, 7) is 7.56. The molecule has 5 heteroatoms. The summed E-state index contributed by atoms with van der Waals surface area (Å²) < 4.78 is 17.5. The Kier molecular flexibility index (Phi) is 60.9. The van der Waals surface area contributed by atoms with Crippen molar-refractivity contribution in [3.63, 3.8) is 0 Å². The number of hydrogen-bond donors (Lipinski definition) is 0. The van der Waals surface area contributed by atoms with E-state index < -0.39 is 6.10 Å². The van der Waals surface area contributed by atoms with Crippen LogP contribution < -0.4 is 0 Å². The Morgan fingerprint density at radius 2 is 0.608 bits per heavy atom. The summed E-state index contributed by atoms with van der Waals surface area (Å²) >= 11 is 0. The summed E-state index contributed by atoms with van der Waals surface area (Å²) in [5, 5.41) is 0. The monoisotopic (exact) mass is 1030 g/mol. The van der Waals surface area contributed by atoms with E-state index in [-0.39, 0.29) is 25.2 Å². The molecule has 0 aliphatic rings. The van der Waals surface area contributed by atoms with Crippen molar-refractivity contribution < 1.29 is 23.8 Å². The van der Waals surface area contributed by atoms with Crippen LogP contribution in [0.25, 0.3) is 0 Å². The first-order valence-electron chi connectivity index (χ1n) is 31.4. The first-order valence-corrected chi connectivity index (χ1v) is 31.4. The second-order valence-electron chi connectivity index (χ2n) is 20.6. The standard InChI is InChI=1S/C69H118O5/c1-4-7-10-13-16-19-22-25-28-31-34-37-40-43-46-49-52-55-58-61-64-72-65-67(74-69(71)63-60-57-54-51-48-45-42-39-36-33-30-27-24-21-18-15-12-9-6-3)66-73-68(70)62-59-56-53-50-47-44-41-38-35-32-29-26-23-20-17-14-11-8-5-2/h7-8,10-11,16-17,19-20,25-26,28-29,34-35,37-38,43,46,67H,4-6,9,12-15,18,21-24,27,30-33,36,39-42,44-45,47-66H2,1-3H3/b10-7-,11-8-,19-16-,20-17-,28-25-,29-26-,37-34-,38-35-,46-43-. The Balaban J connectivity index is 4.36. The molecular formula is C69H118O5. The van der Waals surface area contributed by atoms with E-state index >= 15 is 0 Å². The molecule has 0 saturated carbocycles. The van der Waals surface area contributed by atoms with Crippen molar-refractivity contribution in [2.45, 2.75) is 297 Å². The largest absolute Gasteiger partial charge is 0.462 e. The molecule has 0 N–H and O–H groups in total. The fourth-order valence-corrected chi connectivity index (χ4v) is 8.71. The molecule has 74 heavy (non-hydrogen) atoms. The lowest BCUT2D eigenvalue weighted by Gasteiger charge is -2.18. The Labute approximate surface area is 459 Å². The van der Waals surface area contributed by atoms with Crippen LogP contribution in [0, 0.1) is 0 Å². The highest BCUT2D eigenvalue weighted by atomic mass is 16.6. The van der Waals surface area contributed by atoms with Crippen LogP contribution in [-0.2, 0) is 23.8 Å². The van der Waals surface area contributed by atoms with E-state index in [2.05, 4.69) is 130 Å². The second kappa shape index (κ2) is 63.8. The van der Waals surface area contributed by atoms with Gasteiger partial charge in [0, 0.05) is 19.4 Å². The molecule has 0 heterocycles. The zero-order valence-corrected chi connectivity index (χ0v) is 48.8. The SMILES string of the molecule is CC/C=C\C/C=C\C/C=C\C/C=C\C/C=C\CCCCCCOCC(COC(=O)CCCCCCCC/C=C\C/C=C\C/C=C\C/C=C\CC)OC(=O)CCCCCCCCCCCCCCCCCCCCC. The Hall–Kier alpha value is -3.44. The van der Waals surface area contributed by atoms with Gasteiger partial charge in [0.25, 0.3) is 0 Å². The van der Waals surface area contributed by atoms with Crippen LogP contribution in [0.3, 0.4) is 0 Å². The molecule has 5 nitrogen and oxygen atoms in total.